The lowest BCUT2D eigenvalue weighted by Crippen LogP contribution is -2.65. The number of hydrogen-bond acceptors (Lipinski definition) is 5. The lowest BCUT2D eigenvalue weighted by Gasteiger charge is -2.73. The minimum Gasteiger partial charge on any atom is -0.447 e. The van der Waals surface area contributed by atoms with Crippen LogP contribution in [0.4, 0.5) is 4.79 Å². The summed E-state index contributed by atoms with van der Waals surface area (Å²) in [5.41, 5.74) is 7.13. The van der Waals surface area contributed by atoms with Crippen molar-refractivity contribution in [2.75, 3.05) is 6.61 Å². The molecule has 0 radical (unpaired) electrons. The minimum absolute atomic E-state index is 0.379. The Morgan fingerprint density at radius 1 is 0.762 bits per heavy atom. The molecule has 0 saturated heterocycles. The van der Waals surface area contributed by atoms with Gasteiger partial charge in [0.05, 0.1) is 6.10 Å². The van der Waals surface area contributed by atoms with E-state index in [4.69, 9.17) is 5.73 Å². The van der Waals surface area contributed by atoms with Gasteiger partial charge in [0.1, 0.15) is 18.8 Å². The highest BCUT2D eigenvalue weighted by atomic mass is 16.6. The molecule has 0 heterocycles. The van der Waals surface area contributed by atoms with Crippen molar-refractivity contribution in [2.24, 2.45) is 68.3 Å². The summed E-state index contributed by atoms with van der Waals surface area (Å²) in [6.45, 7) is 17.9. The van der Waals surface area contributed by atoms with Gasteiger partial charge in [-0.3, -0.25) is 0 Å². The van der Waals surface area contributed by atoms with Gasteiger partial charge in [-0.05, 0) is 140 Å². The Labute approximate surface area is 255 Å². The van der Waals surface area contributed by atoms with Crippen LogP contribution in [-0.2, 0) is 4.74 Å². The van der Waals surface area contributed by atoms with Crippen LogP contribution in [0.1, 0.15) is 132 Å². The van der Waals surface area contributed by atoms with Crippen LogP contribution in [0.2, 0.25) is 0 Å². The number of rotatable bonds is 8. The molecule has 9 unspecified atom stereocenters. The molecule has 5 N–H and O–H groups in total. The van der Waals surface area contributed by atoms with Gasteiger partial charge in [0.25, 0.3) is 0 Å². The number of carbonyl (C=O) groups excluding carboxylic acids is 1. The Morgan fingerprint density at radius 3 is 2.02 bits per heavy atom. The van der Waals surface area contributed by atoms with E-state index in [0.29, 0.717) is 45.3 Å². The zero-order chi connectivity index (χ0) is 30.9. The van der Waals surface area contributed by atoms with Crippen LogP contribution in [0.25, 0.3) is 0 Å². The van der Waals surface area contributed by atoms with Crippen molar-refractivity contribution in [1.82, 2.24) is 0 Å². The van der Waals surface area contributed by atoms with E-state index in [1.807, 2.05) is 0 Å². The SMILES string of the molecule is CC(CCC(O)C(O)C(O)COC(N)=O)C1CC[C@@]2(C)C1CC[C@]1(C)C2CCC2[C@@]3(C)CCCC(C)(C)C3CC[C@]21C. The van der Waals surface area contributed by atoms with Crippen molar-refractivity contribution >= 4 is 6.09 Å². The average molecular weight is 590 g/mol. The zero-order valence-electron chi connectivity index (χ0n) is 27.8. The molecular formula is C36H63NO5. The molecule has 42 heavy (non-hydrogen) atoms. The molecule has 0 aromatic carbocycles. The van der Waals surface area contributed by atoms with Crippen LogP contribution in [0.3, 0.4) is 0 Å². The van der Waals surface area contributed by atoms with Gasteiger partial charge in [0, 0.05) is 0 Å². The van der Waals surface area contributed by atoms with E-state index in [9.17, 15) is 20.1 Å². The summed E-state index contributed by atoms with van der Waals surface area (Å²) in [5.74, 6) is 4.32. The third-order valence-electron chi connectivity index (χ3n) is 15.6. The van der Waals surface area contributed by atoms with Gasteiger partial charge in [-0.25, -0.2) is 4.79 Å². The summed E-state index contributed by atoms with van der Waals surface area (Å²) in [5, 5.41) is 31.1. The Bertz CT molecular complexity index is 1000. The third kappa shape index (κ3) is 4.96. The van der Waals surface area contributed by atoms with Crippen molar-refractivity contribution in [3.8, 4) is 0 Å². The smallest absolute Gasteiger partial charge is 0.404 e. The van der Waals surface area contributed by atoms with E-state index < -0.39 is 31.0 Å². The van der Waals surface area contributed by atoms with Gasteiger partial charge in [0.15, 0.2) is 0 Å². The number of hydrogen-bond donors (Lipinski definition) is 4. The fourth-order valence-corrected chi connectivity index (χ4v) is 13.4. The maximum atomic E-state index is 10.8. The molecule has 5 aliphatic carbocycles. The number of amides is 1. The van der Waals surface area contributed by atoms with Crippen LogP contribution in [-0.4, -0.2) is 46.3 Å². The lowest BCUT2D eigenvalue weighted by atomic mass is 9.32. The summed E-state index contributed by atoms with van der Waals surface area (Å²) < 4.78 is 4.60. The molecular weight excluding hydrogens is 526 g/mol. The second-order valence-corrected chi connectivity index (χ2v) is 17.6. The Balaban J connectivity index is 1.27. The van der Waals surface area contributed by atoms with E-state index in [-0.39, 0.29) is 0 Å². The Hall–Kier alpha value is -0.850. The second-order valence-electron chi connectivity index (χ2n) is 17.6. The summed E-state index contributed by atoms with van der Waals surface area (Å²) in [7, 11) is 0. The largest absolute Gasteiger partial charge is 0.447 e. The van der Waals surface area contributed by atoms with Crippen LogP contribution in [0.5, 0.6) is 0 Å². The average Bonchev–Trinajstić information content (AvgIpc) is 3.26. The highest BCUT2D eigenvalue weighted by Crippen LogP contribution is 2.78. The maximum absolute atomic E-state index is 10.8. The number of aliphatic hydroxyl groups is 3. The first-order valence-corrected chi connectivity index (χ1v) is 17.5. The molecule has 0 aliphatic heterocycles. The van der Waals surface area contributed by atoms with E-state index in [0.717, 1.165) is 30.1 Å². The second kappa shape index (κ2) is 11.2. The fraction of sp³-hybridized carbons (Fsp3) is 0.972. The van der Waals surface area contributed by atoms with Crippen LogP contribution in [0.15, 0.2) is 0 Å². The summed E-state index contributed by atoms with van der Waals surface area (Å²) >= 11 is 0. The van der Waals surface area contributed by atoms with Gasteiger partial charge in [-0.15, -0.1) is 0 Å². The number of aliphatic hydroxyl groups excluding tert-OH is 3. The number of nitrogens with two attached hydrogens (primary N) is 1. The van der Waals surface area contributed by atoms with Crippen molar-refractivity contribution < 1.29 is 24.9 Å². The van der Waals surface area contributed by atoms with E-state index in [1.165, 1.54) is 70.6 Å². The van der Waals surface area contributed by atoms with Gasteiger partial charge in [-0.1, -0.05) is 54.9 Å². The summed E-state index contributed by atoms with van der Waals surface area (Å²) in [6.07, 6.45) is 11.6. The van der Waals surface area contributed by atoms with Gasteiger partial charge >= 0.3 is 6.09 Å². The topological polar surface area (TPSA) is 113 Å². The van der Waals surface area contributed by atoms with Crippen molar-refractivity contribution in [1.29, 1.82) is 0 Å². The standard InChI is InChI=1S/C36H63NO5/c1-22(9-10-25(38)30(40)26(39)21-42-31(37)41)23-13-18-33(4)24(23)14-19-35(6)28(33)11-12-29-34(5)17-8-16-32(2,3)27(34)15-20-36(29,35)7/h22-30,38-40H,8-21H2,1-7H3,(H2,37,41)/t22?,23?,24?,25?,26?,27?,28?,29?,30?,33-,34-,35+,36+/m0/s1. The first kappa shape index (κ1) is 32.5. The Kier molecular flexibility index (Phi) is 8.67. The van der Waals surface area contributed by atoms with Crippen molar-refractivity contribution in [3.63, 3.8) is 0 Å². The van der Waals surface area contributed by atoms with E-state index >= 15 is 0 Å². The number of primary amides is 1. The predicted molar refractivity (Wildman–Crippen MR) is 166 cm³/mol. The molecule has 13 atom stereocenters. The van der Waals surface area contributed by atoms with Crippen molar-refractivity contribution in [2.45, 2.75) is 150 Å². The molecule has 1 amide bonds. The van der Waals surface area contributed by atoms with Crippen LogP contribution in [0, 0.1) is 62.6 Å². The van der Waals surface area contributed by atoms with Gasteiger partial charge < -0.3 is 25.8 Å². The molecule has 0 aromatic heterocycles. The molecule has 0 spiro atoms. The summed E-state index contributed by atoms with van der Waals surface area (Å²) in [6, 6.07) is 0. The molecule has 6 nitrogen and oxygen atoms in total. The van der Waals surface area contributed by atoms with Crippen LogP contribution < -0.4 is 5.73 Å². The summed E-state index contributed by atoms with van der Waals surface area (Å²) in [4.78, 5) is 10.8. The number of carbonyl (C=O) groups is 1. The lowest BCUT2D eigenvalue weighted by molar-refractivity contribution is -0.241. The molecule has 5 aliphatic rings. The third-order valence-corrected chi connectivity index (χ3v) is 15.6. The first-order valence-electron chi connectivity index (χ1n) is 17.5. The maximum Gasteiger partial charge on any atom is 0.404 e. The highest BCUT2D eigenvalue weighted by Gasteiger charge is 2.70. The highest BCUT2D eigenvalue weighted by molar-refractivity contribution is 5.64. The fourth-order valence-electron chi connectivity index (χ4n) is 13.4. The molecule has 5 fully saturated rings. The van der Waals surface area contributed by atoms with Gasteiger partial charge in [-0.2, -0.15) is 0 Å². The minimum atomic E-state index is -1.36. The molecule has 5 rings (SSSR count). The monoisotopic (exact) mass is 589 g/mol. The molecule has 6 heteroatoms. The van der Waals surface area contributed by atoms with E-state index in [2.05, 4.69) is 53.2 Å². The van der Waals surface area contributed by atoms with Crippen molar-refractivity contribution in [3.05, 3.63) is 0 Å². The molecule has 242 valence electrons. The quantitative estimate of drug-likeness (QED) is 0.242. The van der Waals surface area contributed by atoms with E-state index in [1.54, 1.807) is 0 Å². The number of ether oxygens (including phenoxy) is 1. The predicted octanol–water partition coefficient (Wildman–Crippen LogP) is 7.07. The Morgan fingerprint density at radius 2 is 1.38 bits per heavy atom. The first-order chi connectivity index (χ1) is 19.5. The zero-order valence-corrected chi connectivity index (χ0v) is 27.8. The van der Waals surface area contributed by atoms with Crippen LogP contribution >= 0.6 is 0 Å². The van der Waals surface area contributed by atoms with Gasteiger partial charge in [0.2, 0.25) is 0 Å². The number of fused-ring (bicyclic) bond motifs is 7. The normalized spacial score (nSPS) is 47.1. The molecule has 5 saturated carbocycles. The molecule has 0 aromatic rings. The molecule has 0 bridgehead atoms.